The summed E-state index contributed by atoms with van der Waals surface area (Å²) in [6.07, 6.45) is 0.462. The van der Waals surface area contributed by atoms with Crippen molar-refractivity contribution in [3.05, 3.63) is 27.7 Å². The first-order valence-corrected chi connectivity index (χ1v) is 3.54. The van der Waals surface area contributed by atoms with E-state index in [1.54, 1.807) is 0 Å². The van der Waals surface area contributed by atoms with Gasteiger partial charge >= 0.3 is 0 Å². The maximum Gasteiger partial charge on any atom is 0.155 e. The first-order valence-electron chi connectivity index (χ1n) is 2.79. The molecule has 0 saturated heterocycles. The minimum absolute atomic E-state index is 0.0270. The maximum atomic E-state index is 10.3. The quantitative estimate of drug-likeness (QED) is 0.692. The van der Waals surface area contributed by atoms with Gasteiger partial charge in [0.1, 0.15) is 5.75 Å². The van der Waals surface area contributed by atoms with Crippen molar-refractivity contribution < 1.29 is 9.90 Å². The zero-order valence-corrected chi connectivity index (χ0v) is 6.86. The number of benzene rings is 1. The van der Waals surface area contributed by atoms with Crippen molar-refractivity contribution in [2.24, 2.45) is 0 Å². The fourth-order valence-electron chi connectivity index (χ4n) is 0.668. The van der Waals surface area contributed by atoms with Crippen molar-refractivity contribution >= 4 is 29.5 Å². The Morgan fingerprint density at radius 3 is 2.45 bits per heavy atom. The second-order valence-corrected chi connectivity index (χ2v) is 2.70. The summed E-state index contributed by atoms with van der Waals surface area (Å²) in [5, 5.41) is 9.38. The molecule has 1 aromatic rings. The van der Waals surface area contributed by atoms with Gasteiger partial charge in [0.15, 0.2) is 6.29 Å². The minimum Gasteiger partial charge on any atom is -0.507 e. The fourth-order valence-corrected chi connectivity index (χ4v) is 1.04. The molecule has 0 aromatic heterocycles. The number of hydrogen-bond donors (Lipinski definition) is 1. The van der Waals surface area contributed by atoms with Crippen LogP contribution in [0.5, 0.6) is 5.75 Å². The topological polar surface area (TPSA) is 37.3 Å². The van der Waals surface area contributed by atoms with E-state index >= 15 is 0 Å². The van der Waals surface area contributed by atoms with Crippen LogP contribution in [-0.2, 0) is 0 Å². The number of phenols is 1. The number of halogens is 2. The Hall–Kier alpha value is -0.730. The molecular formula is C7H4Cl2O2. The highest BCUT2D eigenvalue weighted by molar-refractivity contribution is 6.43. The molecule has 1 rings (SSSR count). The maximum absolute atomic E-state index is 10.3. The van der Waals surface area contributed by atoms with Crippen molar-refractivity contribution in [3.63, 3.8) is 0 Å². The Morgan fingerprint density at radius 1 is 1.36 bits per heavy atom. The number of phenolic OH excluding ortho intramolecular Hbond substituents is 1. The van der Waals surface area contributed by atoms with Gasteiger partial charge in [-0.25, -0.2) is 0 Å². The van der Waals surface area contributed by atoms with E-state index in [0.29, 0.717) is 6.29 Å². The molecule has 0 aliphatic carbocycles. The Labute approximate surface area is 73.4 Å². The third-order valence-corrected chi connectivity index (χ3v) is 2.05. The zero-order valence-electron chi connectivity index (χ0n) is 5.34. The molecule has 58 valence electrons. The van der Waals surface area contributed by atoms with E-state index < -0.39 is 0 Å². The molecule has 0 unspecified atom stereocenters. The van der Waals surface area contributed by atoms with Gasteiger partial charge < -0.3 is 5.11 Å². The highest BCUT2D eigenvalue weighted by Crippen LogP contribution is 2.30. The minimum atomic E-state index is -0.158. The summed E-state index contributed by atoms with van der Waals surface area (Å²) in [7, 11) is 0. The molecule has 0 saturated carbocycles. The number of carbonyl (C=O) groups excluding carboxylic acids is 1. The van der Waals surface area contributed by atoms with Crippen LogP contribution in [0.15, 0.2) is 12.1 Å². The van der Waals surface area contributed by atoms with Crippen molar-refractivity contribution in [1.82, 2.24) is 0 Å². The van der Waals surface area contributed by atoms with Gasteiger partial charge in [0.2, 0.25) is 0 Å². The van der Waals surface area contributed by atoms with Crippen LogP contribution in [0.4, 0.5) is 0 Å². The van der Waals surface area contributed by atoms with Crippen LogP contribution >= 0.6 is 23.2 Å². The summed E-state index contributed by atoms with van der Waals surface area (Å²) in [6.45, 7) is 0. The Balaban J connectivity index is 3.40. The largest absolute Gasteiger partial charge is 0.507 e. The number of aldehydes is 1. The van der Waals surface area contributed by atoms with Crippen molar-refractivity contribution in [1.29, 1.82) is 0 Å². The summed E-state index contributed by atoms with van der Waals surface area (Å²) in [5.41, 5.74) is 0.0270. The number of carbonyl (C=O) groups is 1. The molecule has 0 spiro atoms. The molecule has 0 amide bonds. The fraction of sp³-hybridized carbons (Fsp3) is 0. The van der Waals surface area contributed by atoms with E-state index in [0.717, 1.165) is 0 Å². The lowest BCUT2D eigenvalue weighted by Gasteiger charge is -2.00. The molecule has 0 radical (unpaired) electrons. The lowest BCUT2D eigenvalue weighted by atomic mass is 10.2. The van der Waals surface area contributed by atoms with Gasteiger partial charge in [-0.1, -0.05) is 23.2 Å². The molecule has 0 atom stereocenters. The van der Waals surface area contributed by atoms with Gasteiger partial charge in [0.25, 0.3) is 0 Å². The summed E-state index contributed by atoms with van der Waals surface area (Å²) in [5.74, 6) is -0.158. The van der Waals surface area contributed by atoms with Crippen LogP contribution in [0, 0.1) is 0 Å². The molecule has 2 nitrogen and oxygen atoms in total. The summed E-state index contributed by atoms with van der Waals surface area (Å²) < 4.78 is 0. The lowest BCUT2D eigenvalue weighted by Crippen LogP contribution is -1.83. The Kier molecular flexibility index (Phi) is 2.37. The highest BCUT2D eigenvalue weighted by Gasteiger charge is 2.07. The molecule has 1 aromatic carbocycles. The van der Waals surface area contributed by atoms with E-state index in [4.69, 9.17) is 28.3 Å². The average Bonchev–Trinajstić information content (AvgIpc) is 1.99. The number of rotatable bonds is 1. The molecule has 4 heteroatoms. The third-order valence-electron chi connectivity index (χ3n) is 1.23. The van der Waals surface area contributed by atoms with Crippen molar-refractivity contribution in [3.8, 4) is 5.75 Å². The van der Waals surface area contributed by atoms with E-state index in [9.17, 15) is 4.79 Å². The summed E-state index contributed by atoms with van der Waals surface area (Å²) in [6, 6.07) is 2.74. The number of hydrogen-bond acceptors (Lipinski definition) is 2. The van der Waals surface area contributed by atoms with Gasteiger partial charge in [0, 0.05) is 0 Å². The van der Waals surface area contributed by atoms with Crippen LogP contribution in [-0.4, -0.2) is 11.4 Å². The molecular weight excluding hydrogens is 187 g/mol. The van der Waals surface area contributed by atoms with Crippen LogP contribution < -0.4 is 0 Å². The van der Waals surface area contributed by atoms with E-state index in [1.165, 1.54) is 12.1 Å². The van der Waals surface area contributed by atoms with E-state index in [2.05, 4.69) is 0 Å². The zero-order chi connectivity index (χ0) is 8.43. The molecule has 0 bridgehead atoms. The molecule has 0 heterocycles. The van der Waals surface area contributed by atoms with Gasteiger partial charge in [-0.2, -0.15) is 0 Å². The second-order valence-electron chi connectivity index (χ2n) is 1.91. The normalized spacial score (nSPS) is 9.64. The first kappa shape index (κ1) is 8.37. The molecule has 0 fully saturated rings. The molecule has 11 heavy (non-hydrogen) atoms. The van der Waals surface area contributed by atoms with Gasteiger partial charge in [-0.05, 0) is 12.1 Å². The van der Waals surface area contributed by atoms with Crippen molar-refractivity contribution in [2.75, 3.05) is 0 Å². The van der Waals surface area contributed by atoms with Gasteiger partial charge in [-0.3, -0.25) is 4.79 Å². The smallest absolute Gasteiger partial charge is 0.155 e. The predicted molar refractivity (Wildman–Crippen MR) is 43.5 cm³/mol. The summed E-state index contributed by atoms with van der Waals surface area (Å²) in [4.78, 5) is 10.3. The van der Waals surface area contributed by atoms with Crippen LogP contribution in [0.1, 0.15) is 10.4 Å². The molecule has 0 aliphatic heterocycles. The lowest BCUT2D eigenvalue weighted by molar-refractivity contribution is 0.112. The average molecular weight is 191 g/mol. The van der Waals surface area contributed by atoms with Crippen molar-refractivity contribution in [2.45, 2.75) is 0 Å². The van der Waals surface area contributed by atoms with Crippen LogP contribution in [0.25, 0.3) is 0 Å². The van der Waals surface area contributed by atoms with Crippen LogP contribution in [0.3, 0.4) is 0 Å². The molecule has 1 N–H and O–H groups in total. The van der Waals surface area contributed by atoms with Crippen LogP contribution in [0.2, 0.25) is 10.0 Å². The third kappa shape index (κ3) is 1.47. The summed E-state index contributed by atoms with van der Waals surface area (Å²) >= 11 is 11.1. The standard InChI is InChI=1S/C7H4Cl2O2/c8-5-1-2-6(11)4(3-10)7(5)9/h1-3,11H. The molecule has 0 aliphatic rings. The highest BCUT2D eigenvalue weighted by atomic mass is 35.5. The Morgan fingerprint density at radius 2 is 2.00 bits per heavy atom. The monoisotopic (exact) mass is 190 g/mol. The van der Waals surface area contributed by atoms with Gasteiger partial charge in [-0.15, -0.1) is 0 Å². The SMILES string of the molecule is O=Cc1c(O)ccc(Cl)c1Cl. The second kappa shape index (κ2) is 3.11. The van der Waals surface area contributed by atoms with E-state index in [-0.39, 0.29) is 21.4 Å². The Bertz CT molecular complexity index is 297. The number of aromatic hydroxyl groups is 1. The first-order chi connectivity index (χ1) is 5.16. The predicted octanol–water partition coefficient (Wildman–Crippen LogP) is 2.51. The van der Waals surface area contributed by atoms with E-state index in [1.807, 2.05) is 0 Å². The van der Waals surface area contributed by atoms with Gasteiger partial charge in [0.05, 0.1) is 15.6 Å².